The topological polar surface area (TPSA) is 57.6 Å². The average molecular weight is 199 g/mol. The van der Waals surface area contributed by atoms with E-state index in [1.54, 1.807) is 0 Å². The Hall–Kier alpha value is -1.06. The van der Waals surface area contributed by atoms with Gasteiger partial charge in [0, 0.05) is 13.0 Å². The van der Waals surface area contributed by atoms with Crippen LogP contribution in [-0.4, -0.2) is 34.5 Å². The van der Waals surface area contributed by atoms with Gasteiger partial charge in [-0.3, -0.25) is 4.79 Å². The van der Waals surface area contributed by atoms with Gasteiger partial charge in [-0.1, -0.05) is 13.3 Å². The molecular weight excluding hydrogens is 182 g/mol. The summed E-state index contributed by atoms with van der Waals surface area (Å²) in [6, 6.07) is -0.570. The molecule has 0 aliphatic carbocycles. The van der Waals surface area contributed by atoms with Crippen LogP contribution >= 0.6 is 0 Å². The van der Waals surface area contributed by atoms with Crippen LogP contribution in [0.3, 0.4) is 0 Å². The second-order valence-electron chi connectivity index (χ2n) is 3.69. The van der Waals surface area contributed by atoms with Crippen LogP contribution in [0.5, 0.6) is 0 Å². The molecular formula is C10H17NO3. The third-order valence-electron chi connectivity index (χ3n) is 2.60. The zero-order valence-electron chi connectivity index (χ0n) is 8.53. The molecule has 0 radical (unpaired) electrons. The summed E-state index contributed by atoms with van der Waals surface area (Å²) in [6.45, 7) is 2.63. The fourth-order valence-electron chi connectivity index (χ4n) is 1.79. The number of aliphatic carboxylic acids is 1. The fraction of sp³-hybridized carbons (Fsp3) is 0.800. The number of carboxylic acid groups (broad SMARTS) is 1. The molecule has 1 heterocycles. The Labute approximate surface area is 83.9 Å². The van der Waals surface area contributed by atoms with Crippen molar-refractivity contribution in [1.29, 1.82) is 0 Å². The zero-order valence-corrected chi connectivity index (χ0v) is 8.53. The van der Waals surface area contributed by atoms with E-state index in [4.69, 9.17) is 5.11 Å². The van der Waals surface area contributed by atoms with Crippen LogP contribution in [0.15, 0.2) is 0 Å². The zero-order chi connectivity index (χ0) is 10.6. The summed E-state index contributed by atoms with van der Waals surface area (Å²) >= 11 is 0. The van der Waals surface area contributed by atoms with Gasteiger partial charge >= 0.3 is 5.97 Å². The number of carbonyl (C=O) groups excluding carboxylic acids is 1. The predicted molar refractivity (Wildman–Crippen MR) is 51.9 cm³/mol. The first-order valence-electron chi connectivity index (χ1n) is 5.19. The number of amides is 1. The van der Waals surface area contributed by atoms with Crippen molar-refractivity contribution in [2.45, 2.75) is 45.1 Å². The van der Waals surface area contributed by atoms with Crippen molar-refractivity contribution >= 4 is 11.9 Å². The molecule has 1 atom stereocenters. The number of hydrogen-bond donors (Lipinski definition) is 1. The lowest BCUT2D eigenvalue weighted by atomic mass is 10.2. The summed E-state index contributed by atoms with van der Waals surface area (Å²) in [5.41, 5.74) is 0. The van der Waals surface area contributed by atoms with E-state index in [2.05, 4.69) is 0 Å². The second kappa shape index (κ2) is 4.98. The molecule has 1 aliphatic heterocycles. The summed E-state index contributed by atoms with van der Waals surface area (Å²) in [7, 11) is 0. The number of carboxylic acids is 1. The lowest BCUT2D eigenvalue weighted by Gasteiger charge is -2.21. The molecule has 0 bridgehead atoms. The molecule has 1 N–H and O–H groups in total. The molecule has 0 aromatic rings. The summed E-state index contributed by atoms with van der Waals surface area (Å²) in [4.78, 5) is 23.9. The highest BCUT2D eigenvalue weighted by Crippen LogP contribution is 2.18. The van der Waals surface area contributed by atoms with E-state index in [1.165, 1.54) is 4.90 Å². The first-order chi connectivity index (χ1) is 6.66. The lowest BCUT2D eigenvalue weighted by molar-refractivity contribution is -0.148. The van der Waals surface area contributed by atoms with Crippen LogP contribution < -0.4 is 0 Å². The minimum Gasteiger partial charge on any atom is -0.480 e. The van der Waals surface area contributed by atoms with Crippen molar-refractivity contribution in [3.8, 4) is 0 Å². The first-order valence-corrected chi connectivity index (χ1v) is 5.19. The molecule has 0 saturated carbocycles. The maximum Gasteiger partial charge on any atom is 0.326 e. The molecule has 1 aliphatic rings. The Morgan fingerprint density at radius 3 is 2.79 bits per heavy atom. The minimum atomic E-state index is -0.868. The van der Waals surface area contributed by atoms with Crippen LogP contribution in [0.25, 0.3) is 0 Å². The number of unbranched alkanes of at least 4 members (excludes halogenated alkanes) is 1. The van der Waals surface area contributed by atoms with E-state index in [9.17, 15) is 9.59 Å². The van der Waals surface area contributed by atoms with E-state index < -0.39 is 12.0 Å². The van der Waals surface area contributed by atoms with Crippen LogP contribution in [0.4, 0.5) is 0 Å². The third-order valence-corrected chi connectivity index (χ3v) is 2.60. The largest absolute Gasteiger partial charge is 0.480 e. The minimum absolute atomic E-state index is 0.00301. The fourth-order valence-corrected chi connectivity index (χ4v) is 1.79. The summed E-state index contributed by atoms with van der Waals surface area (Å²) in [5.74, 6) is -0.871. The van der Waals surface area contributed by atoms with Gasteiger partial charge in [0.1, 0.15) is 6.04 Å². The Bertz CT molecular complexity index is 227. The Kier molecular flexibility index (Phi) is 3.92. The average Bonchev–Trinajstić information content (AvgIpc) is 2.62. The molecule has 0 spiro atoms. The van der Waals surface area contributed by atoms with E-state index in [0.29, 0.717) is 19.4 Å². The molecule has 80 valence electrons. The highest BCUT2D eigenvalue weighted by atomic mass is 16.4. The van der Waals surface area contributed by atoms with Crippen molar-refractivity contribution in [3.05, 3.63) is 0 Å². The second-order valence-corrected chi connectivity index (χ2v) is 3.69. The molecule has 4 heteroatoms. The smallest absolute Gasteiger partial charge is 0.326 e. The number of rotatable bonds is 4. The normalized spacial score (nSPS) is 21.2. The summed E-state index contributed by atoms with van der Waals surface area (Å²) < 4.78 is 0. The van der Waals surface area contributed by atoms with E-state index in [-0.39, 0.29) is 5.91 Å². The van der Waals surface area contributed by atoms with E-state index >= 15 is 0 Å². The first kappa shape index (κ1) is 11.0. The molecule has 14 heavy (non-hydrogen) atoms. The summed E-state index contributed by atoms with van der Waals surface area (Å²) in [6.07, 6.45) is 3.72. The van der Waals surface area contributed by atoms with E-state index in [0.717, 1.165) is 19.3 Å². The maximum atomic E-state index is 11.6. The van der Waals surface area contributed by atoms with Gasteiger partial charge in [0.25, 0.3) is 0 Å². The molecule has 4 nitrogen and oxygen atoms in total. The highest BCUT2D eigenvalue weighted by Gasteiger charge is 2.33. The Morgan fingerprint density at radius 1 is 1.50 bits per heavy atom. The molecule has 0 aromatic heterocycles. The van der Waals surface area contributed by atoms with Crippen molar-refractivity contribution < 1.29 is 14.7 Å². The van der Waals surface area contributed by atoms with Crippen molar-refractivity contribution in [2.75, 3.05) is 6.54 Å². The van der Waals surface area contributed by atoms with Gasteiger partial charge in [0.15, 0.2) is 0 Å². The summed E-state index contributed by atoms with van der Waals surface area (Å²) in [5, 5.41) is 8.86. The van der Waals surface area contributed by atoms with Crippen molar-refractivity contribution in [2.24, 2.45) is 0 Å². The van der Waals surface area contributed by atoms with Crippen LogP contribution in [0.1, 0.15) is 39.0 Å². The monoisotopic (exact) mass is 199 g/mol. The van der Waals surface area contributed by atoms with Gasteiger partial charge in [-0.2, -0.15) is 0 Å². The van der Waals surface area contributed by atoms with Crippen LogP contribution in [0, 0.1) is 0 Å². The Morgan fingerprint density at radius 2 is 2.21 bits per heavy atom. The Balaban J connectivity index is 2.49. The van der Waals surface area contributed by atoms with Gasteiger partial charge < -0.3 is 10.0 Å². The van der Waals surface area contributed by atoms with Crippen molar-refractivity contribution in [1.82, 2.24) is 4.90 Å². The third kappa shape index (κ3) is 2.47. The maximum absolute atomic E-state index is 11.6. The van der Waals surface area contributed by atoms with E-state index in [1.807, 2.05) is 6.92 Å². The quantitative estimate of drug-likeness (QED) is 0.741. The van der Waals surface area contributed by atoms with Gasteiger partial charge in [-0.15, -0.1) is 0 Å². The van der Waals surface area contributed by atoms with Gasteiger partial charge in [-0.25, -0.2) is 4.79 Å². The van der Waals surface area contributed by atoms with Gasteiger partial charge in [-0.05, 0) is 19.3 Å². The van der Waals surface area contributed by atoms with Crippen molar-refractivity contribution in [3.63, 3.8) is 0 Å². The molecule has 1 amide bonds. The number of carbonyl (C=O) groups is 2. The predicted octanol–water partition coefficient (Wildman–Crippen LogP) is 1.25. The SMILES string of the molecule is CCCCC(=O)N1CCC[C@@H]1C(=O)O. The van der Waals surface area contributed by atoms with Crippen LogP contribution in [-0.2, 0) is 9.59 Å². The number of nitrogens with zero attached hydrogens (tertiary/aromatic N) is 1. The molecule has 1 saturated heterocycles. The standard InChI is InChI=1S/C10H17NO3/c1-2-3-6-9(12)11-7-4-5-8(11)10(13)14/h8H,2-7H2,1H3,(H,13,14)/t8-/m1/s1. The molecule has 1 rings (SSSR count). The molecule has 0 unspecified atom stereocenters. The van der Waals surface area contributed by atoms with Gasteiger partial charge in [0.05, 0.1) is 0 Å². The van der Waals surface area contributed by atoms with Gasteiger partial charge in [0.2, 0.25) is 5.91 Å². The molecule has 1 fully saturated rings. The number of hydrogen-bond acceptors (Lipinski definition) is 2. The lowest BCUT2D eigenvalue weighted by Crippen LogP contribution is -2.40. The molecule has 0 aromatic carbocycles. The number of likely N-dealkylation sites (tertiary alicyclic amines) is 1. The highest BCUT2D eigenvalue weighted by molar-refractivity contribution is 5.84. The van der Waals surface area contributed by atoms with Crippen LogP contribution in [0.2, 0.25) is 0 Å².